The maximum absolute atomic E-state index is 12.7. The number of fused-ring (bicyclic) bond motifs is 1. The smallest absolute Gasteiger partial charge is 0.416 e. The van der Waals surface area contributed by atoms with Gasteiger partial charge in [-0.25, -0.2) is 15.0 Å². The van der Waals surface area contributed by atoms with Crippen LogP contribution in [0.2, 0.25) is 0 Å². The molecule has 1 aliphatic rings. The fourth-order valence-corrected chi connectivity index (χ4v) is 3.34. The minimum atomic E-state index is -4.35. The van der Waals surface area contributed by atoms with Crippen LogP contribution < -0.4 is 4.74 Å². The van der Waals surface area contributed by atoms with Gasteiger partial charge in [-0.3, -0.25) is 4.90 Å². The molecule has 0 unspecified atom stereocenters. The lowest BCUT2D eigenvalue weighted by atomic mass is 10.1. The van der Waals surface area contributed by atoms with Crippen molar-refractivity contribution >= 4 is 0 Å². The molecule has 5 nitrogen and oxygen atoms in total. The van der Waals surface area contributed by atoms with E-state index in [2.05, 4.69) is 19.9 Å². The summed E-state index contributed by atoms with van der Waals surface area (Å²) in [5.41, 5.74) is 2.97. The van der Waals surface area contributed by atoms with E-state index in [1.165, 1.54) is 12.1 Å². The van der Waals surface area contributed by atoms with Gasteiger partial charge in [0.05, 0.1) is 18.4 Å². The van der Waals surface area contributed by atoms with E-state index in [-0.39, 0.29) is 0 Å². The number of halogens is 3. The maximum Gasteiger partial charge on any atom is 0.416 e. The van der Waals surface area contributed by atoms with E-state index in [0.29, 0.717) is 23.8 Å². The number of pyridine rings is 1. The predicted octanol–water partition coefficient (Wildman–Crippen LogP) is 4.12. The van der Waals surface area contributed by atoms with Crippen LogP contribution in [-0.2, 0) is 25.7 Å². The Morgan fingerprint density at radius 3 is 2.48 bits per heavy atom. The fourth-order valence-electron chi connectivity index (χ4n) is 3.34. The summed E-state index contributed by atoms with van der Waals surface area (Å²) in [6, 6.07) is 8.77. The molecule has 1 aromatic carbocycles. The Balaban J connectivity index is 1.46. The summed E-state index contributed by atoms with van der Waals surface area (Å²) in [7, 11) is 1.59. The molecule has 0 saturated carbocycles. The molecule has 8 heteroatoms. The second-order valence-corrected chi connectivity index (χ2v) is 6.91. The molecular weight excluding hydrogens is 381 g/mol. The first-order chi connectivity index (χ1) is 13.9. The molecule has 0 fully saturated rings. The Bertz CT molecular complexity index is 988. The third-order valence-electron chi connectivity index (χ3n) is 4.90. The Morgan fingerprint density at radius 2 is 1.83 bits per heavy atom. The SMILES string of the molecule is COc1ccc(CN2CCc3nc(-c4ccc(C(F)(F)F)cc4)ncc3C2)cn1. The highest BCUT2D eigenvalue weighted by molar-refractivity contribution is 5.56. The molecule has 0 saturated heterocycles. The van der Waals surface area contributed by atoms with Crippen LogP contribution in [0.5, 0.6) is 5.88 Å². The van der Waals surface area contributed by atoms with E-state index in [0.717, 1.165) is 48.5 Å². The van der Waals surface area contributed by atoms with Crippen LogP contribution in [-0.4, -0.2) is 33.5 Å². The first kappa shape index (κ1) is 19.3. The van der Waals surface area contributed by atoms with Crippen LogP contribution in [0.3, 0.4) is 0 Å². The lowest BCUT2D eigenvalue weighted by Crippen LogP contribution is -2.31. The van der Waals surface area contributed by atoms with Crippen molar-refractivity contribution in [3.8, 4) is 17.3 Å². The molecule has 3 aromatic rings. The van der Waals surface area contributed by atoms with Crippen molar-refractivity contribution in [1.82, 2.24) is 19.9 Å². The molecule has 4 rings (SSSR count). The molecule has 150 valence electrons. The number of hydrogen-bond donors (Lipinski definition) is 0. The molecule has 29 heavy (non-hydrogen) atoms. The number of ether oxygens (including phenoxy) is 1. The third kappa shape index (κ3) is 4.37. The third-order valence-corrected chi connectivity index (χ3v) is 4.90. The van der Waals surface area contributed by atoms with Gasteiger partial charge in [0.2, 0.25) is 5.88 Å². The molecule has 0 N–H and O–H groups in total. The van der Waals surface area contributed by atoms with E-state index in [1.54, 1.807) is 19.5 Å². The number of rotatable bonds is 4. The van der Waals surface area contributed by atoms with E-state index in [9.17, 15) is 13.2 Å². The van der Waals surface area contributed by atoms with Crippen LogP contribution in [0.4, 0.5) is 13.2 Å². The first-order valence-electron chi connectivity index (χ1n) is 9.16. The largest absolute Gasteiger partial charge is 0.481 e. The molecule has 0 radical (unpaired) electrons. The first-order valence-corrected chi connectivity index (χ1v) is 9.16. The zero-order chi connectivity index (χ0) is 20.4. The van der Waals surface area contributed by atoms with Gasteiger partial charge >= 0.3 is 6.18 Å². The van der Waals surface area contributed by atoms with E-state index in [1.807, 2.05) is 12.1 Å². The van der Waals surface area contributed by atoms with Gasteiger partial charge in [-0.15, -0.1) is 0 Å². The summed E-state index contributed by atoms with van der Waals surface area (Å²) in [6.45, 7) is 2.31. The summed E-state index contributed by atoms with van der Waals surface area (Å²) >= 11 is 0. The van der Waals surface area contributed by atoms with Crippen LogP contribution in [0.15, 0.2) is 48.8 Å². The summed E-state index contributed by atoms with van der Waals surface area (Å²) in [5.74, 6) is 1.03. The molecule has 0 amide bonds. The van der Waals surface area contributed by atoms with Crippen molar-refractivity contribution in [3.05, 3.63) is 71.2 Å². The molecule has 0 atom stereocenters. The van der Waals surface area contributed by atoms with Crippen molar-refractivity contribution < 1.29 is 17.9 Å². The van der Waals surface area contributed by atoms with Crippen molar-refractivity contribution in [1.29, 1.82) is 0 Å². The number of methoxy groups -OCH3 is 1. The van der Waals surface area contributed by atoms with E-state index >= 15 is 0 Å². The lowest BCUT2D eigenvalue weighted by Gasteiger charge is -2.28. The molecule has 2 aromatic heterocycles. The quantitative estimate of drug-likeness (QED) is 0.659. The van der Waals surface area contributed by atoms with Gasteiger partial charge in [0.1, 0.15) is 0 Å². The zero-order valence-electron chi connectivity index (χ0n) is 15.8. The number of aromatic nitrogens is 3. The summed E-state index contributed by atoms with van der Waals surface area (Å²) in [6.07, 6.45) is -0.0144. The number of alkyl halides is 3. The minimum Gasteiger partial charge on any atom is -0.481 e. The van der Waals surface area contributed by atoms with Crippen LogP contribution >= 0.6 is 0 Å². The topological polar surface area (TPSA) is 51.1 Å². The number of nitrogens with zero attached hydrogens (tertiary/aromatic N) is 4. The summed E-state index contributed by atoms with van der Waals surface area (Å²) < 4.78 is 43.3. The summed E-state index contributed by atoms with van der Waals surface area (Å²) in [4.78, 5) is 15.5. The monoisotopic (exact) mass is 400 g/mol. The Labute approximate surface area is 166 Å². The fraction of sp³-hybridized carbons (Fsp3) is 0.286. The molecular formula is C21H19F3N4O. The predicted molar refractivity (Wildman–Crippen MR) is 101 cm³/mol. The van der Waals surface area contributed by atoms with Gasteiger partial charge in [0.25, 0.3) is 0 Å². The lowest BCUT2D eigenvalue weighted by molar-refractivity contribution is -0.137. The standard InChI is InChI=1S/C21H19F3N4O/c1-29-19-7-2-14(10-25-19)12-28-9-8-18-16(13-28)11-26-20(27-18)15-3-5-17(6-4-15)21(22,23)24/h2-7,10-11H,8-9,12-13H2,1H3. The van der Waals surface area contributed by atoms with Gasteiger partial charge < -0.3 is 4.74 Å². The van der Waals surface area contributed by atoms with E-state index < -0.39 is 11.7 Å². The average molecular weight is 400 g/mol. The average Bonchev–Trinajstić information content (AvgIpc) is 2.73. The minimum absolute atomic E-state index is 0.449. The zero-order valence-corrected chi connectivity index (χ0v) is 15.8. The van der Waals surface area contributed by atoms with Crippen LogP contribution in [0.25, 0.3) is 11.4 Å². The highest BCUT2D eigenvalue weighted by Gasteiger charge is 2.30. The normalized spacial score (nSPS) is 14.5. The second-order valence-electron chi connectivity index (χ2n) is 6.91. The maximum atomic E-state index is 12.7. The molecule has 1 aliphatic heterocycles. The Kier molecular flexibility index (Phi) is 5.19. The molecule has 0 aliphatic carbocycles. The molecule has 0 bridgehead atoms. The van der Waals surface area contributed by atoms with Crippen molar-refractivity contribution in [2.24, 2.45) is 0 Å². The molecule has 0 spiro atoms. The highest BCUT2D eigenvalue weighted by Crippen LogP contribution is 2.30. The van der Waals surface area contributed by atoms with E-state index in [4.69, 9.17) is 4.74 Å². The van der Waals surface area contributed by atoms with Gasteiger partial charge in [0.15, 0.2) is 5.82 Å². The van der Waals surface area contributed by atoms with Crippen molar-refractivity contribution in [2.75, 3.05) is 13.7 Å². The van der Waals surface area contributed by atoms with Gasteiger partial charge in [0, 0.05) is 55.6 Å². The van der Waals surface area contributed by atoms with Crippen LogP contribution in [0.1, 0.15) is 22.4 Å². The Morgan fingerprint density at radius 1 is 1.03 bits per heavy atom. The summed E-state index contributed by atoms with van der Waals surface area (Å²) in [5, 5.41) is 0. The second kappa shape index (κ2) is 7.79. The van der Waals surface area contributed by atoms with Crippen molar-refractivity contribution in [2.45, 2.75) is 25.7 Å². The van der Waals surface area contributed by atoms with Crippen molar-refractivity contribution in [3.63, 3.8) is 0 Å². The van der Waals surface area contributed by atoms with Gasteiger partial charge in [-0.2, -0.15) is 13.2 Å². The number of hydrogen-bond acceptors (Lipinski definition) is 5. The van der Waals surface area contributed by atoms with Crippen LogP contribution in [0, 0.1) is 0 Å². The Hall–Kier alpha value is -3.00. The number of benzene rings is 1. The highest BCUT2D eigenvalue weighted by atomic mass is 19.4. The van der Waals surface area contributed by atoms with Gasteiger partial charge in [-0.1, -0.05) is 18.2 Å². The van der Waals surface area contributed by atoms with Gasteiger partial charge in [-0.05, 0) is 17.7 Å². The molecule has 3 heterocycles.